The maximum Gasteiger partial charge on any atom is 0.223 e. The standard InChI is InChI=1S/C19H23NO4/c1-14-2-4-15(5-3-14)18-8-6-17(24-18)7-9-19(22)20-10-11-23-13-16(21)12-20/h2-6,8,16,21H,7,9-13H2,1H3/t16-/m1/s1. The lowest BCUT2D eigenvalue weighted by molar-refractivity contribution is -0.132. The van der Waals surface area contributed by atoms with Crippen LogP contribution in [0.1, 0.15) is 17.7 Å². The molecule has 0 aliphatic carbocycles. The zero-order chi connectivity index (χ0) is 16.9. The largest absolute Gasteiger partial charge is 0.461 e. The molecule has 5 heteroatoms. The van der Waals surface area contributed by atoms with Crippen LogP contribution in [-0.2, 0) is 16.0 Å². The minimum absolute atomic E-state index is 0.0211. The third kappa shape index (κ3) is 4.24. The fourth-order valence-electron chi connectivity index (χ4n) is 2.79. The number of carbonyl (C=O) groups is 1. The highest BCUT2D eigenvalue weighted by Crippen LogP contribution is 2.23. The number of nitrogens with zero attached hydrogens (tertiary/aromatic N) is 1. The van der Waals surface area contributed by atoms with Crippen LogP contribution in [0.25, 0.3) is 11.3 Å². The number of furan rings is 1. The molecule has 0 spiro atoms. The minimum atomic E-state index is -0.604. The summed E-state index contributed by atoms with van der Waals surface area (Å²) in [5, 5.41) is 9.71. The molecule has 1 fully saturated rings. The van der Waals surface area contributed by atoms with Gasteiger partial charge in [-0.2, -0.15) is 0 Å². The number of benzene rings is 1. The minimum Gasteiger partial charge on any atom is -0.461 e. The van der Waals surface area contributed by atoms with Crippen molar-refractivity contribution in [3.8, 4) is 11.3 Å². The van der Waals surface area contributed by atoms with Crippen LogP contribution in [0.2, 0.25) is 0 Å². The van der Waals surface area contributed by atoms with E-state index < -0.39 is 6.10 Å². The predicted octanol–water partition coefficient (Wildman–Crippen LogP) is 2.41. The Morgan fingerprint density at radius 1 is 1.25 bits per heavy atom. The molecular weight excluding hydrogens is 306 g/mol. The number of amides is 1. The fourth-order valence-corrected chi connectivity index (χ4v) is 2.79. The molecule has 1 atom stereocenters. The first-order chi connectivity index (χ1) is 11.6. The van der Waals surface area contributed by atoms with Gasteiger partial charge in [-0.15, -0.1) is 0 Å². The summed E-state index contributed by atoms with van der Waals surface area (Å²) in [5.74, 6) is 1.63. The molecule has 5 nitrogen and oxygen atoms in total. The Morgan fingerprint density at radius 2 is 2.04 bits per heavy atom. The quantitative estimate of drug-likeness (QED) is 0.936. The van der Waals surface area contributed by atoms with E-state index in [9.17, 15) is 9.90 Å². The average molecular weight is 329 g/mol. The van der Waals surface area contributed by atoms with Crippen molar-refractivity contribution in [1.82, 2.24) is 4.90 Å². The number of aliphatic hydroxyl groups is 1. The van der Waals surface area contributed by atoms with Crippen molar-refractivity contribution in [3.63, 3.8) is 0 Å². The van der Waals surface area contributed by atoms with E-state index in [1.807, 2.05) is 43.3 Å². The molecule has 128 valence electrons. The van der Waals surface area contributed by atoms with Crippen molar-refractivity contribution >= 4 is 5.91 Å². The van der Waals surface area contributed by atoms with E-state index in [0.717, 1.165) is 17.1 Å². The number of β-amino-alcohol motifs (C(OH)–C–C–N with tert-alkyl or cyclic N) is 1. The summed E-state index contributed by atoms with van der Waals surface area (Å²) in [7, 11) is 0. The van der Waals surface area contributed by atoms with Gasteiger partial charge in [-0.3, -0.25) is 4.79 Å². The monoisotopic (exact) mass is 329 g/mol. The zero-order valence-electron chi connectivity index (χ0n) is 13.9. The molecule has 24 heavy (non-hydrogen) atoms. The van der Waals surface area contributed by atoms with Crippen LogP contribution < -0.4 is 0 Å². The van der Waals surface area contributed by atoms with Gasteiger partial charge in [-0.25, -0.2) is 0 Å². The van der Waals surface area contributed by atoms with Gasteiger partial charge in [0.15, 0.2) is 0 Å². The van der Waals surface area contributed by atoms with Gasteiger partial charge in [0.1, 0.15) is 11.5 Å². The van der Waals surface area contributed by atoms with E-state index in [0.29, 0.717) is 39.1 Å². The SMILES string of the molecule is Cc1ccc(-c2ccc(CCC(=O)N3CCOC[C@H](O)C3)o2)cc1. The van der Waals surface area contributed by atoms with Gasteiger partial charge in [0.05, 0.1) is 19.3 Å². The summed E-state index contributed by atoms with van der Waals surface area (Å²) < 4.78 is 11.1. The number of rotatable bonds is 4. The van der Waals surface area contributed by atoms with E-state index in [-0.39, 0.29) is 5.91 Å². The van der Waals surface area contributed by atoms with Crippen LogP contribution in [0, 0.1) is 6.92 Å². The molecule has 3 rings (SSSR count). The highest BCUT2D eigenvalue weighted by Gasteiger charge is 2.21. The van der Waals surface area contributed by atoms with Crippen molar-refractivity contribution in [2.24, 2.45) is 0 Å². The Balaban J connectivity index is 1.57. The Kier molecular flexibility index (Phi) is 5.33. The van der Waals surface area contributed by atoms with Crippen molar-refractivity contribution < 1.29 is 19.1 Å². The molecule has 1 aliphatic heterocycles. The lowest BCUT2D eigenvalue weighted by atomic mass is 10.1. The summed E-state index contributed by atoms with van der Waals surface area (Å²) in [6.07, 6.45) is 0.319. The van der Waals surface area contributed by atoms with Crippen molar-refractivity contribution in [3.05, 3.63) is 47.7 Å². The predicted molar refractivity (Wildman–Crippen MR) is 90.6 cm³/mol. The third-order valence-corrected chi connectivity index (χ3v) is 4.18. The normalized spacial score (nSPS) is 18.4. The molecule has 0 bridgehead atoms. The number of aliphatic hydroxyl groups excluding tert-OH is 1. The van der Waals surface area contributed by atoms with E-state index in [1.54, 1.807) is 4.90 Å². The molecule has 2 aromatic rings. The first-order valence-corrected chi connectivity index (χ1v) is 8.31. The summed E-state index contributed by atoms with van der Waals surface area (Å²) in [5.41, 5.74) is 2.24. The van der Waals surface area contributed by atoms with Gasteiger partial charge in [0, 0.05) is 31.5 Å². The first kappa shape index (κ1) is 16.7. The maximum atomic E-state index is 12.3. The Labute approximate surface area is 141 Å². The second kappa shape index (κ2) is 7.64. The molecule has 1 aromatic carbocycles. The van der Waals surface area contributed by atoms with Crippen LogP contribution in [-0.4, -0.2) is 48.3 Å². The summed E-state index contributed by atoms with van der Waals surface area (Å²) in [6, 6.07) is 12.0. The molecule has 1 aromatic heterocycles. The fraction of sp³-hybridized carbons (Fsp3) is 0.421. The summed E-state index contributed by atoms with van der Waals surface area (Å²) in [4.78, 5) is 14.0. The van der Waals surface area contributed by atoms with E-state index in [1.165, 1.54) is 5.56 Å². The second-order valence-electron chi connectivity index (χ2n) is 6.20. The lowest BCUT2D eigenvalue weighted by Crippen LogP contribution is -2.37. The molecule has 1 amide bonds. The number of hydrogen-bond acceptors (Lipinski definition) is 4. The summed E-state index contributed by atoms with van der Waals surface area (Å²) in [6.45, 7) is 3.69. The lowest BCUT2D eigenvalue weighted by Gasteiger charge is -2.21. The average Bonchev–Trinajstić information content (AvgIpc) is 2.94. The van der Waals surface area contributed by atoms with Crippen molar-refractivity contribution in [1.29, 1.82) is 0 Å². The van der Waals surface area contributed by atoms with Crippen LogP contribution >= 0.6 is 0 Å². The zero-order valence-corrected chi connectivity index (χ0v) is 13.9. The van der Waals surface area contributed by atoms with Gasteiger partial charge in [-0.1, -0.05) is 29.8 Å². The second-order valence-corrected chi connectivity index (χ2v) is 6.20. The molecule has 1 aliphatic rings. The number of carbonyl (C=O) groups excluding carboxylic acids is 1. The Morgan fingerprint density at radius 3 is 2.83 bits per heavy atom. The molecule has 1 saturated heterocycles. The molecule has 0 saturated carbocycles. The van der Waals surface area contributed by atoms with E-state index >= 15 is 0 Å². The number of ether oxygens (including phenoxy) is 1. The van der Waals surface area contributed by atoms with E-state index in [2.05, 4.69) is 0 Å². The summed E-state index contributed by atoms with van der Waals surface area (Å²) >= 11 is 0. The molecule has 0 unspecified atom stereocenters. The molecule has 2 heterocycles. The first-order valence-electron chi connectivity index (χ1n) is 8.31. The van der Waals surface area contributed by atoms with Crippen molar-refractivity contribution in [2.45, 2.75) is 25.9 Å². The van der Waals surface area contributed by atoms with Gasteiger partial charge < -0.3 is 19.2 Å². The molecular formula is C19H23NO4. The molecule has 0 radical (unpaired) electrons. The third-order valence-electron chi connectivity index (χ3n) is 4.18. The highest BCUT2D eigenvalue weighted by atomic mass is 16.5. The van der Waals surface area contributed by atoms with Crippen LogP contribution in [0.3, 0.4) is 0 Å². The van der Waals surface area contributed by atoms with Crippen molar-refractivity contribution in [2.75, 3.05) is 26.3 Å². The number of hydrogen-bond donors (Lipinski definition) is 1. The van der Waals surface area contributed by atoms with Gasteiger partial charge in [-0.05, 0) is 19.1 Å². The maximum absolute atomic E-state index is 12.3. The van der Waals surface area contributed by atoms with Gasteiger partial charge in [0.25, 0.3) is 0 Å². The topological polar surface area (TPSA) is 62.9 Å². The Hall–Kier alpha value is -2.11. The van der Waals surface area contributed by atoms with Gasteiger partial charge >= 0.3 is 0 Å². The van der Waals surface area contributed by atoms with Crippen LogP contribution in [0.5, 0.6) is 0 Å². The smallest absolute Gasteiger partial charge is 0.223 e. The van der Waals surface area contributed by atoms with Crippen LogP contribution in [0.15, 0.2) is 40.8 Å². The highest BCUT2D eigenvalue weighted by molar-refractivity contribution is 5.76. The van der Waals surface area contributed by atoms with E-state index in [4.69, 9.17) is 9.15 Å². The number of aryl methyl sites for hydroxylation is 2. The molecule has 1 N–H and O–H groups in total. The van der Waals surface area contributed by atoms with Gasteiger partial charge in [0.2, 0.25) is 5.91 Å². The Bertz CT molecular complexity index is 677. The van der Waals surface area contributed by atoms with Crippen LogP contribution in [0.4, 0.5) is 0 Å².